The number of rotatable bonds is 9. The summed E-state index contributed by atoms with van der Waals surface area (Å²) < 4.78 is 19.7. The van der Waals surface area contributed by atoms with Gasteiger partial charge in [0.15, 0.2) is 11.6 Å². The molecular weight excluding hydrogens is 363 g/mol. The summed E-state index contributed by atoms with van der Waals surface area (Å²) >= 11 is 0. The minimum absolute atomic E-state index is 0.0245. The number of aromatic nitrogens is 2. The number of hydrogen-bond acceptors (Lipinski definition) is 7. The van der Waals surface area contributed by atoms with Crippen molar-refractivity contribution in [2.24, 2.45) is 17.4 Å². The zero-order valence-electron chi connectivity index (χ0n) is 15.9. The molecule has 1 aliphatic carbocycles. The number of anilines is 3. The van der Waals surface area contributed by atoms with Crippen LogP contribution in [0.25, 0.3) is 0 Å². The number of nitrogens with one attached hydrogen (secondary N) is 2. The van der Waals surface area contributed by atoms with Gasteiger partial charge in [0.05, 0.1) is 12.7 Å². The lowest BCUT2D eigenvalue weighted by atomic mass is 10.0. The Balaban J connectivity index is 1.90. The molecule has 9 heteroatoms. The van der Waals surface area contributed by atoms with Crippen molar-refractivity contribution in [3.8, 4) is 5.88 Å². The lowest BCUT2D eigenvalue weighted by Gasteiger charge is -2.23. The average molecular weight is 388 g/mol. The number of halogens is 1. The van der Waals surface area contributed by atoms with Crippen molar-refractivity contribution in [2.45, 2.75) is 38.3 Å². The summed E-state index contributed by atoms with van der Waals surface area (Å²) in [5.74, 6) is -0.293. The molecule has 1 saturated carbocycles. The molecule has 2 aromatic heterocycles. The van der Waals surface area contributed by atoms with Gasteiger partial charge in [-0.3, -0.25) is 4.79 Å². The summed E-state index contributed by atoms with van der Waals surface area (Å²) in [4.78, 5) is 20.1. The van der Waals surface area contributed by atoms with Crippen molar-refractivity contribution in [1.29, 1.82) is 0 Å². The third kappa shape index (κ3) is 4.86. The molecule has 2 atom stereocenters. The molecule has 3 rings (SSSR count). The quantitative estimate of drug-likeness (QED) is 0.519. The molecule has 150 valence electrons. The van der Waals surface area contributed by atoms with Crippen LogP contribution in [0.3, 0.4) is 0 Å². The van der Waals surface area contributed by atoms with Crippen molar-refractivity contribution >= 4 is 23.2 Å². The second-order valence-electron chi connectivity index (χ2n) is 7.08. The fourth-order valence-electron chi connectivity index (χ4n) is 2.90. The van der Waals surface area contributed by atoms with Gasteiger partial charge in [-0.05, 0) is 31.4 Å². The molecule has 1 fully saturated rings. The van der Waals surface area contributed by atoms with Gasteiger partial charge in [-0.1, -0.05) is 12.8 Å². The molecule has 0 spiro atoms. The molecule has 0 radical (unpaired) electrons. The van der Waals surface area contributed by atoms with E-state index < -0.39 is 11.7 Å². The van der Waals surface area contributed by atoms with Crippen LogP contribution in [0.2, 0.25) is 0 Å². The molecule has 8 nitrogen and oxygen atoms in total. The van der Waals surface area contributed by atoms with Gasteiger partial charge in [0.1, 0.15) is 5.82 Å². The Labute approximate surface area is 162 Å². The summed E-state index contributed by atoms with van der Waals surface area (Å²) in [5, 5.41) is 6.07. The van der Waals surface area contributed by atoms with Crippen molar-refractivity contribution in [2.75, 3.05) is 17.7 Å². The minimum Gasteiger partial charge on any atom is -0.481 e. The van der Waals surface area contributed by atoms with E-state index in [0.717, 1.165) is 25.3 Å². The number of nitrogens with zero attached hydrogens (tertiary/aromatic N) is 2. The predicted octanol–water partition coefficient (Wildman–Crippen LogP) is 2.39. The largest absolute Gasteiger partial charge is 0.481 e. The van der Waals surface area contributed by atoms with Gasteiger partial charge in [-0.25, -0.2) is 14.4 Å². The Morgan fingerprint density at radius 3 is 2.75 bits per heavy atom. The minimum atomic E-state index is -0.789. The zero-order chi connectivity index (χ0) is 20.3. The summed E-state index contributed by atoms with van der Waals surface area (Å²) in [5.41, 5.74) is 12.0. The Bertz CT molecular complexity index is 856. The number of carbonyl (C=O) groups excluding carboxylic acids is 1. The van der Waals surface area contributed by atoms with Crippen LogP contribution in [0.4, 0.5) is 21.7 Å². The normalized spacial score (nSPS) is 15.6. The second-order valence-corrected chi connectivity index (χ2v) is 7.08. The molecule has 0 unspecified atom stereocenters. The average Bonchev–Trinajstić information content (AvgIpc) is 3.47. The Hall–Kier alpha value is -2.94. The van der Waals surface area contributed by atoms with Crippen molar-refractivity contribution in [1.82, 2.24) is 9.97 Å². The highest BCUT2D eigenvalue weighted by molar-refractivity contribution is 5.98. The summed E-state index contributed by atoms with van der Waals surface area (Å²) in [6.07, 6.45) is 4.71. The van der Waals surface area contributed by atoms with Gasteiger partial charge < -0.3 is 26.8 Å². The topological polar surface area (TPSA) is 128 Å². The highest BCUT2D eigenvalue weighted by atomic mass is 19.1. The smallest absolute Gasteiger partial charge is 0.252 e. The Morgan fingerprint density at radius 2 is 2.14 bits per heavy atom. The van der Waals surface area contributed by atoms with E-state index >= 15 is 0 Å². The first-order valence-corrected chi connectivity index (χ1v) is 9.17. The van der Waals surface area contributed by atoms with Crippen LogP contribution >= 0.6 is 0 Å². The van der Waals surface area contributed by atoms with Crippen molar-refractivity contribution in [3.05, 3.63) is 35.8 Å². The third-order valence-corrected chi connectivity index (χ3v) is 4.69. The van der Waals surface area contributed by atoms with Crippen LogP contribution in [-0.4, -0.2) is 35.1 Å². The first kappa shape index (κ1) is 19.8. The fourth-order valence-corrected chi connectivity index (χ4v) is 2.90. The fraction of sp³-hybridized carbons (Fsp3) is 0.421. The first-order valence-electron chi connectivity index (χ1n) is 9.17. The standard InChI is InChI=1S/C19H25FN6O2/c1-10(21)15(7-11-3-4-11)25-19-14(20)9-13(17(22)27)18(26-19)24-12-5-6-23-16(8-12)28-2/h5-6,8-11,15H,3-4,7,21H2,1-2H3,(H2,22,27)(H2,23,24,25,26)/t10-,15+/m0/s1. The molecule has 28 heavy (non-hydrogen) atoms. The van der Waals surface area contributed by atoms with Gasteiger partial charge in [0.25, 0.3) is 5.91 Å². The maximum atomic E-state index is 14.6. The molecule has 0 aliphatic heterocycles. The number of primary amides is 1. The van der Waals surface area contributed by atoms with Crippen LogP contribution in [-0.2, 0) is 0 Å². The second kappa shape index (κ2) is 8.39. The number of pyridine rings is 2. The highest BCUT2D eigenvalue weighted by Gasteiger charge is 2.28. The van der Waals surface area contributed by atoms with Crippen molar-refractivity contribution in [3.63, 3.8) is 0 Å². The van der Waals surface area contributed by atoms with Gasteiger partial charge in [0, 0.05) is 30.0 Å². The van der Waals surface area contributed by atoms with E-state index in [0.29, 0.717) is 17.5 Å². The summed E-state index contributed by atoms with van der Waals surface area (Å²) in [7, 11) is 1.49. The van der Waals surface area contributed by atoms with Crippen LogP contribution in [0, 0.1) is 11.7 Å². The number of ether oxygens (including phenoxy) is 1. The van der Waals surface area contributed by atoms with E-state index in [2.05, 4.69) is 20.6 Å². The number of hydrogen-bond donors (Lipinski definition) is 4. The van der Waals surface area contributed by atoms with Crippen LogP contribution in [0.1, 0.15) is 36.5 Å². The summed E-state index contributed by atoms with van der Waals surface area (Å²) in [6, 6.07) is 4.07. The first-order chi connectivity index (χ1) is 13.4. The molecule has 1 amide bonds. The van der Waals surface area contributed by atoms with E-state index in [-0.39, 0.29) is 29.3 Å². The molecule has 0 bridgehead atoms. The molecular formula is C19H25FN6O2. The van der Waals surface area contributed by atoms with E-state index in [4.69, 9.17) is 16.2 Å². The molecule has 0 aromatic carbocycles. The van der Waals surface area contributed by atoms with Gasteiger partial charge in [-0.15, -0.1) is 0 Å². The van der Waals surface area contributed by atoms with Gasteiger partial charge in [-0.2, -0.15) is 0 Å². The van der Waals surface area contributed by atoms with Crippen LogP contribution < -0.4 is 26.8 Å². The lowest BCUT2D eigenvalue weighted by Crippen LogP contribution is -2.39. The molecule has 0 saturated heterocycles. The predicted molar refractivity (Wildman–Crippen MR) is 105 cm³/mol. The maximum absolute atomic E-state index is 14.6. The molecule has 2 aromatic rings. The van der Waals surface area contributed by atoms with E-state index in [9.17, 15) is 9.18 Å². The number of amides is 1. The number of nitrogens with two attached hydrogens (primary N) is 2. The lowest BCUT2D eigenvalue weighted by molar-refractivity contribution is 0.100. The molecule has 2 heterocycles. The third-order valence-electron chi connectivity index (χ3n) is 4.69. The number of carbonyl (C=O) groups is 1. The van der Waals surface area contributed by atoms with Crippen molar-refractivity contribution < 1.29 is 13.9 Å². The number of methoxy groups -OCH3 is 1. The van der Waals surface area contributed by atoms with Gasteiger partial charge in [0.2, 0.25) is 5.88 Å². The SMILES string of the molecule is COc1cc(Nc2nc(N[C@H](CC3CC3)[C@H](C)N)c(F)cc2C(N)=O)ccn1. The Morgan fingerprint density at radius 1 is 1.39 bits per heavy atom. The Kier molecular flexibility index (Phi) is 5.93. The van der Waals surface area contributed by atoms with E-state index in [1.165, 1.54) is 13.3 Å². The van der Waals surface area contributed by atoms with E-state index in [1.54, 1.807) is 12.1 Å². The molecule has 1 aliphatic rings. The van der Waals surface area contributed by atoms with Crippen LogP contribution in [0.15, 0.2) is 24.4 Å². The summed E-state index contributed by atoms with van der Waals surface area (Å²) in [6.45, 7) is 1.87. The van der Waals surface area contributed by atoms with Crippen LogP contribution in [0.5, 0.6) is 5.88 Å². The van der Waals surface area contributed by atoms with Gasteiger partial charge >= 0.3 is 0 Å². The molecule has 6 N–H and O–H groups in total. The highest BCUT2D eigenvalue weighted by Crippen LogP contribution is 2.35. The zero-order valence-corrected chi connectivity index (χ0v) is 15.9. The monoisotopic (exact) mass is 388 g/mol. The van der Waals surface area contributed by atoms with E-state index in [1.807, 2.05) is 6.92 Å². The maximum Gasteiger partial charge on any atom is 0.252 e.